The van der Waals surface area contributed by atoms with Crippen LogP contribution in [-0.2, 0) is 29.3 Å². The van der Waals surface area contributed by atoms with Crippen molar-refractivity contribution in [1.82, 2.24) is 39.7 Å². The Balaban J connectivity index is 0.000000167. The molecule has 0 bridgehead atoms. The highest BCUT2D eigenvalue weighted by atomic mass is 35.5. The highest BCUT2D eigenvalue weighted by molar-refractivity contribution is 7.08. The molecule has 0 unspecified atom stereocenters. The van der Waals surface area contributed by atoms with Crippen molar-refractivity contribution >= 4 is 57.8 Å². The van der Waals surface area contributed by atoms with Crippen LogP contribution in [0.2, 0.25) is 5.15 Å². The van der Waals surface area contributed by atoms with Gasteiger partial charge < -0.3 is 33.9 Å². The number of hydrogen-bond acceptors (Lipinski definition) is 16. The number of amides is 2. The van der Waals surface area contributed by atoms with E-state index in [-0.39, 0.29) is 18.8 Å². The van der Waals surface area contributed by atoms with Gasteiger partial charge in [0.25, 0.3) is 0 Å². The molecule has 15 nitrogen and oxygen atoms in total. The molecule has 0 spiro atoms. The number of hydrogen-bond donors (Lipinski definition) is 1. The maximum atomic E-state index is 12.2. The van der Waals surface area contributed by atoms with Crippen molar-refractivity contribution in [3.05, 3.63) is 127 Å². The van der Waals surface area contributed by atoms with E-state index in [2.05, 4.69) is 42.0 Å². The number of halogens is 1. The SMILES string of the molecule is CC(C)(C)OC(=O)N1CCC(c2cccnc2Cl)CC1.CC(C)(C)OC(=O)N1CCC(c2cccnc2OCc2cscn2)CC1.OCc1cscn1.c1cnc(OCc2cscn2)c(C2CCCCC2)c1. The number of aromatic nitrogens is 6. The van der Waals surface area contributed by atoms with E-state index >= 15 is 0 Å². The van der Waals surface area contributed by atoms with Crippen LogP contribution < -0.4 is 9.47 Å². The molecule has 2 aliphatic heterocycles. The van der Waals surface area contributed by atoms with E-state index in [1.165, 1.54) is 49.0 Å². The predicted octanol–water partition coefficient (Wildman–Crippen LogP) is 12.9. The first kappa shape index (κ1) is 56.0. The lowest BCUT2D eigenvalue weighted by Gasteiger charge is -2.33. The molecule has 2 amide bonds. The monoisotopic (exact) mass is 1060 g/mol. The van der Waals surface area contributed by atoms with Gasteiger partial charge in [-0.3, -0.25) is 0 Å². The number of piperidine rings is 2. The zero-order valence-electron chi connectivity index (χ0n) is 42.3. The molecule has 0 radical (unpaired) electrons. The fourth-order valence-corrected chi connectivity index (χ4v) is 10.3. The molecule has 6 aromatic rings. The number of carbonyl (C=O) groups excluding carboxylic acids is 2. The van der Waals surface area contributed by atoms with Gasteiger partial charge in [-0.15, -0.1) is 34.0 Å². The first-order valence-electron chi connectivity index (χ1n) is 24.6. The lowest BCUT2D eigenvalue weighted by Crippen LogP contribution is -2.41. The fraction of sp³-hybridized carbons (Fsp3) is 0.509. The highest BCUT2D eigenvalue weighted by Crippen LogP contribution is 2.37. The summed E-state index contributed by atoms with van der Waals surface area (Å²) in [6.07, 6.45) is 14.9. The van der Waals surface area contributed by atoms with Gasteiger partial charge in [-0.1, -0.05) is 49.1 Å². The van der Waals surface area contributed by atoms with E-state index in [1.807, 2.05) is 93.7 Å². The first-order chi connectivity index (χ1) is 34.7. The second-order valence-electron chi connectivity index (χ2n) is 19.7. The summed E-state index contributed by atoms with van der Waals surface area (Å²) >= 11 is 10.8. The number of nitrogens with zero attached hydrogens (tertiary/aromatic N) is 8. The lowest BCUT2D eigenvalue weighted by molar-refractivity contribution is 0.0194. The first-order valence-corrected chi connectivity index (χ1v) is 27.8. The summed E-state index contributed by atoms with van der Waals surface area (Å²) in [7, 11) is 0. The summed E-state index contributed by atoms with van der Waals surface area (Å²) in [6, 6.07) is 12.1. The number of likely N-dealkylation sites (tertiary alicyclic amines) is 2. The molecule has 0 aromatic carbocycles. The van der Waals surface area contributed by atoms with Crippen molar-refractivity contribution in [2.75, 3.05) is 26.2 Å². The standard InChI is InChI=1S/C19H25N3O3S.C15H21ClN2O2.C15H18N2OS.C4H5NOS/c1-19(2,3)25-18(23)22-9-6-14(7-10-22)16-5-4-8-20-17(16)24-11-15-12-26-13-21-15;1-15(2,3)20-14(19)18-9-6-11(7-10-18)12-5-4-8-17-13(12)16;1-2-5-12(6-3-1)14-7-4-8-16-15(14)18-9-13-10-19-11-17-13;6-1-4-2-7-3-5-4/h4-5,8,12-14H,6-7,9-11H2,1-3H3;4-5,8,11H,6-7,9-10H2,1-3H3;4,7-8,10-12H,1-3,5-6,9H2;2-3,6H,1H2. The smallest absolute Gasteiger partial charge is 0.410 e. The summed E-state index contributed by atoms with van der Waals surface area (Å²) in [4.78, 5) is 53.0. The van der Waals surface area contributed by atoms with E-state index in [4.69, 9.17) is 35.7 Å². The van der Waals surface area contributed by atoms with Crippen LogP contribution >= 0.6 is 45.6 Å². The Labute approximate surface area is 441 Å². The van der Waals surface area contributed by atoms with Crippen LogP contribution in [0, 0.1) is 0 Å². The lowest BCUT2D eigenvalue weighted by atomic mass is 9.84. The molecule has 9 rings (SSSR count). The van der Waals surface area contributed by atoms with Gasteiger partial charge in [0.2, 0.25) is 11.8 Å². The Kier molecular flexibility index (Phi) is 22.0. The van der Waals surface area contributed by atoms with Crippen LogP contribution in [0.15, 0.2) is 87.7 Å². The summed E-state index contributed by atoms with van der Waals surface area (Å²) in [5.41, 5.74) is 10.5. The van der Waals surface area contributed by atoms with Crippen molar-refractivity contribution in [2.45, 2.75) is 148 Å². The van der Waals surface area contributed by atoms with E-state index in [9.17, 15) is 9.59 Å². The van der Waals surface area contributed by atoms with Crippen molar-refractivity contribution in [2.24, 2.45) is 0 Å². The Morgan fingerprint density at radius 1 is 0.569 bits per heavy atom. The molecule has 19 heteroatoms. The molecular weight excluding hydrogens is 992 g/mol. The van der Waals surface area contributed by atoms with E-state index < -0.39 is 11.2 Å². The van der Waals surface area contributed by atoms with Crippen molar-refractivity contribution in [3.63, 3.8) is 0 Å². The molecule has 1 aliphatic carbocycles. The normalized spacial score (nSPS) is 15.7. The quantitative estimate of drug-likeness (QED) is 0.128. The van der Waals surface area contributed by atoms with Crippen LogP contribution in [0.25, 0.3) is 0 Å². The van der Waals surface area contributed by atoms with Gasteiger partial charge in [0.15, 0.2) is 0 Å². The van der Waals surface area contributed by atoms with Gasteiger partial charge in [0.1, 0.15) is 29.6 Å². The average molecular weight is 1060 g/mol. The Morgan fingerprint density at radius 2 is 0.958 bits per heavy atom. The zero-order chi connectivity index (χ0) is 51.4. The third-order valence-corrected chi connectivity index (χ3v) is 14.2. The Bertz CT molecular complexity index is 2480. The molecule has 72 heavy (non-hydrogen) atoms. The van der Waals surface area contributed by atoms with E-state index in [0.717, 1.165) is 59.8 Å². The molecular formula is C53H69ClN8O7S3. The molecule has 1 saturated carbocycles. The van der Waals surface area contributed by atoms with Crippen LogP contribution in [0.1, 0.15) is 151 Å². The summed E-state index contributed by atoms with van der Waals surface area (Å²) in [5.74, 6) is 2.77. The second kappa shape index (κ2) is 28.3. The fourth-order valence-electron chi connectivity index (χ4n) is 8.40. The number of aliphatic hydroxyl groups is 1. The van der Waals surface area contributed by atoms with Crippen molar-refractivity contribution in [3.8, 4) is 11.8 Å². The Morgan fingerprint density at radius 3 is 1.33 bits per heavy atom. The number of carbonyl (C=O) groups is 2. The van der Waals surface area contributed by atoms with Gasteiger partial charge in [-0.2, -0.15) is 0 Å². The summed E-state index contributed by atoms with van der Waals surface area (Å²) in [6.45, 7) is 15.1. The minimum Gasteiger partial charge on any atom is -0.471 e. The van der Waals surface area contributed by atoms with E-state index in [1.54, 1.807) is 55.9 Å². The molecule has 6 aromatic heterocycles. The summed E-state index contributed by atoms with van der Waals surface area (Å²) < 4.78 is 22.6. The molecule has 8 heterocycles. The minimum atomic E-state index is -0.464. The third kappa shape index (κ3) is 18.6. The number of ether oxygens (including phenoxy) is 4. The molecule has 2 saturated heterocycles. The van der Waals surface area contributed by atoms with Gasteiger partial charge in [-0.05, 0) is 122 Å². The second-order valence-corrected chi connectivity index (χ2v) is 22.2. The molecule has 0 atom stereocenters. The van der Waals surface area contributed by atoms with Gasteiger partial charge >= 0.3 is 12.2 Å². The maximum Gasteiger partial charge on any atom is 0.410 e. The number of aliphatic hydroxyl groups excluding tert-OH is 1. The molecule has 1 N–H and O–H groups in total. The largest absolute Gasteiger partial charge is 0.471 e. The molecule has 3 aliphatic rings. The van der Waals surface area contributed by atoms with Gasteiger partial charge in [-0.25, -0.2) is 39.5 Å². The van der Waals surface area contributed by atoms with Crippen molar-refractivity contribution in [1.29, 1.82) is 0 Å². The maximum absolute atomic E-state index is 12.2. The number of pyridine rings is 3. The molecule has 388 valence electrons. The third-order valence-electron chi connectivity index (χ3n) is 11.9. The number of thiazole rings is 3. The zero-order valence-corrected chi connectivity index (χ0v) is 45.5. The highest BCUT2D eigenvalue weighted by Gasteiger charge is 2.30. The van der Waals surface area contributed by atoms with Gasteiger partial charge in [0.05, 0.1) is 40.2 Å². The van der Waals surface area contributed by atoms with Crippen LogP contribution in [0.5, 0.6) is 11.8 Å². The van der Waals surface area contributed by atoms with Crippen LogP contribution in [0.4, 0.5) is 9.59 Å². The van der Waals surface area contributed by atoms with Crippen LogP contribution in [0.3, 0.4) is 0 Å². The minimum absolute atomic E-state index is 0.0590. The summed E-state index contributed by atoms with van der Waals surface area (Å²) in [5, 5.41) is 14.8. The topological polar surface area (TPSA) is 175 Å². The predicted molar refractivity (Wildman–Crippen MR) is 284 cm³/mol. The van der Waals surface area contributed by atoms with Gasteiger partial charge in [0, 0.05) is 72.0 Å². The van der Waals surface area contributed by atoms with E-state index in [0.29, 0.717) is 68.2 Å². The van der Waals surface area contributed by atoms with Crippen molar-refractivity contribution < 1.29 is 33.6 Å². The van der Waals surface area contributed by atoms with Crippen LogP contribution in [-0.4, -0.2) is 94.4 Å². The Hall–Kier alpha value is -5.27. The average Bonchev–Trinajstić information content (AvgIpc) is 4.22. The molecule has 3 fully saturated rings. The number of rotatable bonds is 10.